The fourth-order valence-corrected chi connectivity index (χ4v) is 2.48. The minimum atomic E-state index is -0.109. The largest absolute Gasteiger partial charge is 0.311 e. The molecule has 1 unspecified atom stereocenters. The zero-order chi connectivity index (χ0) is 13.0. The molecule has 0 spiro atoms. The van der Waals surface area contributed by atoms with Gasteiger partial charge in [-0.05, 0) is 57.0 Å². The van der Waals surface area contributed by atoms with Crippen molar-refractivity contribution < 1.29 is 4.39 Å². The zero-order valence-corrected chi connectivity index (χ0v) is 11.4. The van der Waals surface area contributed by atoms with Gasteiger partial charge in [-0.1, -0.05) is 12.1 Å². The van der Waals surface area contributed by atoms with Crippen LogP contribution in [-0.4, -0.2) is 30.6 Å². The second-order valence-corrected chi connectivity index (χ2v) is 5.31. The van der Waals surface area contributed by atoms with Crippen molar-refractivity contribution in [2.75, 3.05) is 19.6 Å². The van der Waals surface area contributed by atoms with E-state index in [-0.39, 0.29) is 5.82 Å². The molecule has 0 aliphatic carbocycles. The van der Waals surface area contributed by atoms with E-state index in [0.29, 0.717) is 11.6 Å². The predicted molar refractivity (Wildman–Crippen MR) is 73.1 cm³/mol. The lowest BCUT2D eigenvalue weighted by atomic mass is 10.1. The van der Waals surface area contributed by atoms with Gasteiger partial charge in [0.05, 0.1) is 0 Å². The minimum absolute atomic E-state index is 0.109. The standard InChI is InChI=1S/C15H23FN2/c1-12-5-6-14(9-15(12)16)11-17-10-13(2)18-7-3-4-8-18/h5-6,9,13,17H,3-4,7-8,10-11H2,1-2H3. The number of hydrogen-bond donors (Lipinski definition) is 1. The van der Waals surface area contributed by atoms with Gasteiger partial charge < -0.3 is 5.32 Å². The molecule has 1 aromatic carbocycles. The first-order valence-corrected chi connectivity index (χ1v) is 6.86. The summed E-state index contributed by atoms with van der Waals surface area (Å²) in [6, 6.07) is 6.04. The molecule has 0 aromatic heterocycles. The van der Waals surface area contributed by atoms with Gasteiger partial charge in [-0.25, -0.2) is 4.39 Å². The number of hydrogen-bond acceptors (Lipinski definition) is 2. The second kappa shape index (κ2) is 6.30. The molecule has 1 saturated heterocycles. The van der Waals surface area contributed by atoms with Gasteiger partial charge in [-0.15, -0.1) is 0 Å². The summed E-state index contributed by atoms with van der Waals surface area (Å²) in [6.45, 7) is 8.21. The lowest BCUT2D eigenvalue weighted by Gasteiger charge is -2.24. The number of aryl methyl sites for hydroxylation is 1. The summed E-state index contributed by atoms with van der Waals surface area (Å²) in [4.78, 5) is 2.52. The van der Waals surface area contributed by atoms with Crippen molar-refractivity contribution in [3.8, 4) is 0 Å². The Morgan fingerprint density at radius 3 is 2.72 bits per heavy atom. The molecule has 0 amide bonds. The van der Waals surface area contributed by atoms with Gasteiger partial charge in [0.25, 0.3) is 0 Å². The first-order valence-electron chi connectivity index (χ1n) is 6.86. The highest BCUT2D eigenvalue weighted by molar-refractivity contribution is 5.23. The van der Waals surface area contributed by atoms with Crippen LogP contribution in [0.15, 0.2) is 18.2 Å². The van der Waals surface area contributed by atoms with Crippen molar-refractivity contribution >= 4 is 0 Å². The maximum Gasteiger partial charge on any atom is 0.126 e. The summed E-state index contributed by atoms with van der Waals surface area (Å²) in [5.41, 5.74) is 1.73. The molecular formula is C15H23FN2. The van der Waals surface area contributed by atoms with Crippen LogP contribution in [0.4, 0.5) is 4.39 Å². The predicted octanol–water partition coefficient (Wildman–Crippen LogP) is 2.71. The Morgan fingerprint density at radius 1 is 1.33 bits per heavy atom. The summed E-state index contributed by atoms with van der Waals surface area (Å²) in [5.74, 6) is -0.109. The quantitative estimate of drug-likeness (QED) is 0.864. The van der Waals surface area contributed by atoms with Crippen molar-refractivity contribution in [1.82, 2.24) is 10.2 Å². The average molecular weight is 250 g/mol. The topological polar surface area (TPSA) is 15.3 Å². The smallest absolute Gasteiger partial charge is 0.126 e. The summed E-state index contributed by atoms with van der Waals surface area (Å²) in [7, 11) is 0. The fourth-order valence-electron chi connectivity index (χ4n) is 2.48. The Bertz CT molecular complexity index is 386. The molecule has 0 radical (unpaired) electrons. The number of halogens is 1. The maximum absolute atomic E-state index is 13.4. The van der Waals surface area contributed by atoms with Crippen LogP contribution in [0.25, 0.3) is 0 Å². The van der Waals surface area contributed by atoms with Crippen molar-refractivity contribution in [3.63, 3.8) is 0 Å². The average Bonchev–Trinajstić information content (AvgIpc) is 2.87. The molecule has 2 nitrogen and oxygen atoms in total. The van der Waals surface area contributed by atoms with Crippen molar-refractivity contribution in [2.24, 2.45) is 0 Å². The maximum atomic E-state index is 13.4. The van der Waals surface area contributed by atoms with Crippen LogP contribution in [0.5, 0.6) is 0 Å². The van der Waals surface area contributed by atoms with Crippen LogP contribution in [0.3, 0.4) is 0 Å². The molecule has 0 saturated carbocycles. The lowest BCUT2D eigenvalue weighted by molar-refractivity contribution is 0.251. The highest BCUT2D eigenvalue weighted by Crippen LogP contribution is 2.11. The van der Waals surface area contributed by atoms with E-state index in [1.54, 1.807) is 13.0 Å². The highest BCUT2D eigenvalue weighted by Gasteiger charge is 2.17. The van der Waals surface area contributed by atoms with Gasteiger partial charge in [0, 0.05) is 19.1 Å². The van der Waals surface area contributed by atoms with E-state index in [1.807, 2.05) is 12.1 Å². The molecule has 1 heterocycles. The Labute approximate surface area is 109 Å². The molecule has 1 aromatic rings. The summed E-state index contributed by atoms with van der Waals surface area (Å²) in [5, 5.41) is 3.42. The first-order chi connectivity index (χ1) is 8.66. The molecule has 1 aliphatic heterocycles. The Kier molecular flexibility index (Phi) is 4.72. The van der Waals surface area contributed by atoms with E-state index in [1.165, 1.54) is 25.9 Å². The molecular weight excluding hydrogens is 227 g/mol. The Hall–Kier alpha value is -0.930. The number of nitrogens with zero attached hydrogens (tertiary/aromatic N) is 1. The molecule has 1 atom stereocenters. The summed E-state index contributed by atoms with van der Waals surface area (Å²) in [6.07, 6.45) is 2.65. The number of rotatable bonds is 5. The van der Waals surface area contributed by atoms with Crippen LogP contribution in [0.1, 0.15) is 30.9 Å². The molecule has 3 heteroatoms. The van der Waals surface area contributed by atoms with Crippen molar-refractivity contribution in [1.29, 1.82) is 0 Å². The van der Waals surface area contributed by atoms with Crippen LogP contribution in [0.2, 0.25) is 0 Å². The third-order valence-electron chi connectivity index (χ3n) is 3.77. The normalized spacial score (nSPS) is 18.2. The summed E-state index contributed by atoms with van der Waals surface area (Å²) < 4.78 is 13.4. The van der Waals surface area contributed by atoms with Gasteiger partial charge >= 0.3 is 0 Å². The van der Waals surface area contributed by atoms with Gasteiger partial charge in [-0.3, -0.25) is 4.90 Å². The van der Waals surface area contributed by atoms with E-state index < -0.39 is 0 Å². The highest BCUT2D eigenvalue weighted by atomic mass is 19.1. The van der Waals surface area contributed by atoms with Crippen LogP contribution < -0.4 is 5.32 Å². The van der Waals surface area contributed by atoms with Gasteiger partial charge in [0.15, 0.2) is 0 Å². The Balaban J connectivity index is 1.75. The minimum Gasteiger partial charge on any atom is -0.311 e. The Morgan fingerprint density at radius 2 is 2.06 bits per heavy atom. The van der Waals surface area contributed by atoms with E-state index in [4.69, 9.17) is 0 Å². The molecule has 18 heavy (non-hydrogen) atoms. The van der Waals surface area contributed by atoms with Crippen LogP contribution in [-0.2, 0) is 6.54 Å². The second-order valence-electron chi connectivity index (χ2n) is 5.31. The summed E-state index contributed by atoms with van der Waals surface area (Å²) >= 11 is 0. The van der Waals surface area contributed by atoms with Gasteiger partial charge in [0.2, 0.25) is 0 Å². The molecule has 0 bridgehead atoms. The third-order valence-corrected chi connectivity index (χ3v) is 3.77. The van der Waals surface area contributed by atoms with Crippen LogP contribution >= 0.6 is 0 Å². The van der Waals surface area contributed by atoms with E-state index in [0.717, 1.165) is 18.7 Å². The number of likely N-dealkylation sites (tertiary alicyclic amines) is 1. The van der Waals surface area contributed by atoms with Gasteiger partial charge in [0.1, 0.15) is 5.82 Å². The molecule has 2 rings (SSSR count). The first kappa shape index (κ1) is 13.5. The van der Waals surface area contributed by atoms with Crippen LogP contribution in [0, 0.1) is 12.7 Å². The van der Waals surface area contributed by atoms with E-state index in [2.05, 4.69) is 17.1 Å². The monoisotopic (exact) mass is 250 g/mol. The molecule has 1 N–H and O–H groups in total. The number of benzene rings is 1. The van der Waals surface area contributed by atoms with Crippen molar-refractivity contribution in [2.45, 2.75) is 39.3 Å². The number of nitrogens with one attached hydrogen (secondary N) is 1. The zero-order valence-electron chi connectivity index (χ0n) is 11.4. The molecule has 100 valence electrons. The molecule has 1 fully saturated rings. The SMILES string of the molecule is Cc1ccc(CNCC(C)N2CCCC2)cc1F. The van der Waals surface area contributed by atoms with Crippen molar-refractivity contribution in [3.05, 3.63) is 35.1 Å². The lowest BCUT2D eigenvalue weighted by Crippen LogP contribution is -2.38. The van der Waals surface area contributed by atoms with E-state index >= 15 is 0 Å². The third kappa shape index (κ3) is 3.53. The van der Waals surface area contributed by atoms with E-state index in [9.17, 15) is 4.39 Å². The fraction of sp³-hybridized carbons (Fsp3) is 0.600. The molecule has 1 aliphatic rings. The van der Waals surface area contributed by atoms with Gasteiger partial charge in [-0.2, -0.15) is 0 Å².